The molecule has 0 bridgehead atoms. The molecule has 2 N–H and O–H groups in total. The minimum Gasteiger partial charge on any atom is -0.469 e. The highest BCUT2D eigenvalue weighted by Crippen LogP contribution is 2.18. The van der Waals surface area contributed by atoms with Crippen LogP contribution in [0.15, 0.2) is 12.3 Å². The number of ether oxygens (including phenoxy) is 1. The van der Waals surface area contributed by atoms with Crippen LogP contribution in [0.3, 0.4) is 0 Å². The lowest BCUT2D eigenvalue weighted by atomic mass is 9.94. The van der Waals surface area contributed by atoms with E-state index in [9.17, 15) is 4.79 Å². The Balaban J connectivity index is 2.63. The molecule has 0 aromatic carbocycles. The summed E-state index contributed by atoms with van der Waals surface area (Å²) in [5.74, 6) is 0.993. The number of rotatable bonds is 6. The Morgan fingerprint density at radius 3 is 2.78 bits per heavy atom. The van der Waals surface area contributed by atoms with Crippen molar-refractivity contribution in [2.75, 3.05) is 30.8 Å². The second kappa shape index (κ2) is 6.18. The quantitative estimate of drug-likeness (QED) is 0.748. The average Bonchev–Trinajstić information content (AvgIpc) is 2.36. The fraction of sp³-hybridized carbons (Fsp3) is 0.583. The first-order valence-corrected chi connectivity index (χ1v) is 5.89. The standard InChI is InChI=1S/C12H20N4O2/c1-5-13-11-14-7-6-9(16-11)15-8-12(2,3)10(17)18-4/h6-7H,5,8H2,1-4H3,(H2,13,14,15,16). The number of carbonyl (C=O) groups excluding carboxylic acids is 1. The van der Waals surface area contributed by atoms with Crippen LogP contribution in [0.5, 0.6) is 0 Å². The largest absolute Gasteiger partial charge is 0.469 e. The third-order valence-electron chi connectivity index (χ3n) is 2.44. The smallest absolute Gasteiger partial charge is 0.313 e. The molecule has 0 amide bonds. The van der Waals surface area contributed by atoms with Gasteiger partial charge < -0.3 is 15.4 Å². The molecule has 18 heavy (non-hydrogen) atoms. The van der Waals surface area contributed by atoms with Gasteiger partial charge in [-0.05, 0) is 26.8 Å². The Morgan fingerprint density at radius 1 is 1.44 bits per heavy atom. The first kappa shape index (κ1) is 14.2. The maximum atomic E-state index is 11.5. The lowest BCUT2D eigenvalue weighted by Gasteiger charge is -2.22. The SMILES string of the molecule is CCNc1nccc(NCC(C)(C)C(=O)OC)n1. The van der Waals surface area contributed by atoms with Crippen LogP contribution < -0.4 is 10.6 Å². The highest BCUT2D eigenvalue weighted by molar-refractivity contribution is 5.76. The van der Waals surface area contributed by atoms with E-state index in [1.807, 2.05) is 20.8 Å². The van der Waals surface area contributed by atoms with Crippen molar-refractivity contribution in [3.05, 3.63) is 12.3 Å². The van der Waals surface area contributed by atoms with Gasteiger partial charge in [0.05, 0.1) is 12.5 Å². The van der Waals surface area contributed by atoms with Crippen molar-refractivity contribution in [1.29, 1.82) is 0 Å². The van der Waals surface area contributed by atoms with Crippen LogP contribution in [-0.2, 0) is 9.53 Å². The number of hydrogen-bond acceptors (Lipinski definition) is 6. The maximum absolute atomic E-state index is 11.5. The summed E-state index contributed by atoms with van der Waals surface area (Å²) in [7, 11) is 1.39. The van der Waals surface area contributed by atoms with Gasteiger partial charge in [-0.3, -0.25) is 4.79 Å². The molecule has 0 atom stereocenters. The van der Waals surface area contributed by atoms with Gasteiger partial charge in [-0.2, -0.15) is 4.98 Å². The van der Waals surface area contributed by atoms with Crippen molar-refractivity contribution < 1.29 is 9.53 Å². The van der Waals surface area contributed by atoms with Gasteiger partial charge in [0.2, 0.25) is 5.95 Å². The summed E-state index contributed by atoms with van der Waals surface area (Å²) >= 11 is 0. The molecular formula is C12H20N4O2. The van der Waals surface area contributed by atoms with Crippen molar-refractivity contribution in [1.82, 2.24) is 9.97 Å². The van der Waals surface area contributed by atoms with Crippen molar-refractivity contribution in [2.24, 2.45) is 5.41 Å². The van der Waals surface area contributed by atoms with Gasteiger partial charge in [0.25, 0.3) is 0 Å². The Hall–Kier alpha value is -1.85. The van der Waals surface area contributed by atoms with Crippen LogP contribution in [0.2, 0.25) is 0 Å². The molecule has 0 unspecified atom stereocenters. The van der Waals surface area contributed by atoms with E-state index in [-0.39, 0.29) is 5.97 Å². The summed E-state index contributed by atoms with van der Waals surface area (Å²) in [5.41, 5.74) is -0.599. The lowest BCUT2D eigenvalue weighted by Crippen LogP contribution is -2.33. The van der Waals surface area contributed by atoms with E-state index >= 15 is 0 Å². The molecule has 0 saturated heterocycles. The molecule has 0 fully saturated rings. The number of methoxy groups -OCH3 is 1. The molecule has 0 aliphatic heterocycles. The van der Waals surface area contributed by atoms with E-state index in [0.717, 1.165) is 6.54 Å². The van der Waals surface area contributed by atoms with E-state index in [1.165, 1.54) is 7.11 Å². The minimum absolute atomic E-state index is 0.254. The monoisotopic (exact) mass is 252 g/mol. The number of hydrogen-bond donors (Lipinski definition) is 2. The molecule has 1 aromatic rings. The predicted octanol–water partition coefficient (Wildman–Crippen LogP) is 1.52. The second-order valence-electron chi connectivity index (χ2n) is 4.52. The van der Waals surface area contributed by atoms with E-state index < -0.39 is 5.41 Å². The third-order valence-corrected chi connectivity index (χ3v) is 2.44. The first-order chi connectivity index (χ1) is 8.49. The average molecular weight is 252 g/mol. The highest BCUT2D eigenvalue weighted by Gasteiger charge is 2.28. The summed E-state index contributed by atoms with van der Waals surface area (Å²) in [4.78, 5) is 19.9. The van der Waals surface area contributed by atoms with Gasteiger partial charge in [-0.25, -0.2) is 4.98 Å². The molecule has 1 aromatic heterocycles. The fourth-order valence-corrected chi connectivity index (χ4v) is 1.36. The Morgan fingerprint density at radius 2 is 2.17 bits per heavy atom. The van der Waals surface area contributed by atoms with Gasteiger partial charge in [0, 0.05) is 19.3 Å². The van der Waals surface area contributed by atoms with Crippen LogP contribution in [-0.4, -0.2) is 36.1 Å². The summed E-state index contributed by atoms with van der Waals surface area (Å²) in [5, 5.41) is 6.13. The van der Waals surface area contributed by atoms with Crippen molar-refractivity contribution in [3.8, 4) is 0 Å². The molecule has 0 aliphatic rings. The molecule has 0 radical (unpaired) electrons. The minimum atomic E-state index is -0.599. The molecule has 1 heterocycles. The number of esters is 1. The molecule has 6 nitrogen and oxygen atoms in total. The van der Waals surface area contributed by atoms with Crippen LogP contribution in [0.4, 0.5) is 11.8 Å². The van der Waals surface area contributed by atoms with Crippen LogP contribution >= 0.6 is 0 Å². The fourth-order valence-electron chi connectivity index (χ4n) is 1.36. The number of anilines is 2. The van der Waals surface area contributed by atoms with Crippen molar-refractivity contribution in [3.63, 3.8) is 0 Å². The molecule has 100 valence electrons. The van der Waals surface area contributed by atoms with Crippen LogP contribution in [0.25, 0.3) is 0 Å². The number of aromatic nitrogens is 2. The van der Waals surface area contributed by atoms with Crippen molar-refractivity contribution in [2.45, 2.75) is 20.8 Å². The third kappa shape index (κ3) is 3.87. The molecule has 6 heteroatoms. The lowest BCUT2D eigenvalue weighted by molar-refractivity contribution is -0.149. The molecular weight excluding hydrogens is 232 g/mol. The second-order valence-corrected chi connectivity index (χ2v) is 4.52. The number of carbonyl (C=O) groups is 1. The summed E-state index contributed by atoms with van der Waals surface area (Å²) in [6.45, 7) is 6.82. The summed E-state index contributed by atoms with van der Waals surface area (Å²) in [6, 6.07) is 1.76. The molecule has 1 rings (SSSR count). The topological polar surface area (TPSA) is 76.1 Å². The zero-order valence-corrected chi connectivity index (χ0v) is 11.3. The van der Waals surface area contributed by atoms with Gasteiger partial charge in [-0.15, -0.1) is 0 Å². The Bertz CT molecular complexity index is 407. The van der Waals surface area contributed by atoms with Crippen molar-refractivity contribution >= 4 is 17.7 Å². The number of nitrogens with one attached hydrogen (secondary N) is 2. The Kier molecular flexibility index (Phi) is 4.88. The molecule has 0 spiro atoms. The number of nitrogens with zero attached hydrogens (tertiary/aromatic N) is 2. The highest BCUT2D eigenvalue weighted by atomic mass is 16.5. The summed E-state index contributed by atoms with van der Waals surface area (Å²) in [6.07, 6.45) is 1.67. The van der Waals surface area contributed by atoms with E-state index in [4.69, 9.17) is 4.74 Å². The van der Waals surface area contributed by atoms with E-state index in [2.05, 4.69) is 20.6 Å². The van der Waals surface area contributed by atoms with E-state index in [1.54, 1.807) is 12.3 Å². The Labute approximate surface area is 107 Å². The zero-order valence-electron chi connectivity index (χ0n) is 11.3. The van der Waals surface area contributed by atoms with Gasteiger partial charge in [-0.1, -0.05) is 0 Å². The van der Waals surface area contributed by atoms with Crippen LogP contribution in [0.1, 0.15) is 20.8 Å². The summed E-state index contributed by atoms with van der Waals surface area (Å²) < 4.78 is 4.74. The molecule has 0 saturated carbocycles. The van der Waals surface area contributed by atoms with Crippen LogP contribution in [0, 0.1) is 5.41 Å². The molecule has 0 aliphatic carbocycles. The predicted molar refractivity (Wildman–Crippen MR) is 70.5 cm³/mol. The van der Waals surface area contributed by atoms with Gasteiger partial charge in [0.15, 0.2) is 0 Å². The van der Waals surface area contributed by atoms with Gasteiger partial charge in [0.1, 0.15) is 5.82 Å². The normalized spacial score (nSPS) is 10.9. The van der Waals surface area contributed by atoms with Gasteiger partial charge >= 0.3 is 5.97 Å². The maximum Gasteiger partial charge on any atom is 0.313 e. The van der Waals surface area contributed by atoms with E-state index in [0.29, 0.717) is 18.3 Å². The zero-order chi connectivity index (χ0) is 13.6. The first-order valence-electron chi connectivity index (χ1n) is 5.89.